The van der Waals surface area contributed by atoms with Crippen LogP contribution in [-0.4, -0.2) is 42.3 Å². The molecule has 0 saturated carbocycles. The standard InChI is InChI=1S/C23H23FN4O4/c1-31-20-5-3-2-4-17(20)23(30)26-11-15-7-6-14(10-19(15)24)21-18(12-29)22(25)28(27-21)16-8-9-32-13-16/h2-7,10,12,16H,8-9,11,13,25H2,1H3,(H,26,30). The van der Waals surface area contributed by atoms with Gasteiger partial charge in [-0.25, -0.2) is 9.07 Å². The van der Waals surface area contributed by atoms with E-state index < -0.39 is 5.82 Å². The number of nitrogens with zero attached hydrogens (tertiary/aromatic N) is 2. The van der Waals surface area contributed by atoms with E-state index in [2.05, 4.69) is 10.4 Å². The van der Waals surface area contributed by atoms with Crippen LogP contribution in [0.3, 0.4) is 0 Å². The molecule has 1 aliphatic heterocycles. The molecular formula is C23H23FN4O4. The Kier molecular flexibility index (Phi) is 6.18. The first-order chi connectivity index (χ1) is 15.5. The van der Waals surface area contributed by atoms with Crippen molar-refractivity contribution in [3.8, 4) is 17.0 Å². The van der Waals surface area contributed by atoms with E-state index in [1.54, 1.807) is 41.1 Å². The molecule has 1 saturated heterocycles. The van der Waals surface area contributed by atoms with E-state index >= 15 is 0 Å². The van der Waals surface area contributed by atoms with Crippen LogP contribution in [0.15, 0.2) is 42.5 Å². The number of methoxy groups -OCH3 is 1. The third-order valence-electron chi connectivity index (χ3n) is 5.47. The minimum Gasteiger partial charge on any atom is -0.496 e. The fourth-order valence-corrected chi connectivity index (χ4v) is 3.72. The summed E-state index contributed by atoms with van der Waals surface area (Å²) < 4.78 is 27.0. The van der Waals surface area contributed by atoms with Crippen molar-refractivity contribution in [3.05, 3.63) is 65.0 Å². The first-order valence-corrected chi connectivity index (χ1v) is 10.1. The second-order valence-corrected chi connectivity index (χ2v) is 7.42. The van der Waals surface area contributed by atoms with Gasteiger partial charge in [0.25, 0.3) is 5.91 Å². The minimum atomic E-state index is -0.531. The van der Waals surface area contributed by atoms with Gasteiger partial charge in [0, 0.05) is 24.3 Å². The first kappa shape index (κ1) is 21.5. The summed E-state index contributed by atoms with van der Waals surface area (Å²) in [4.78, 5) is 24.1. The van der Waals surface area contributed by atoms with Gasteiger partial charge in [0.1, 0.15) is 23.1 Å². The Hall–Kier alpha value is -3.72. The summed E-state index contributed by atoms with van der Waals surface area (Å²) in [6.45, 7) is 1.04. The lowest BCUT2D eigenvalue weighted by Crippen LogP contribution is -2.23. The molecular weight excluding hydrogens is 415 g/mol. The van der Waals surface area contributed by atoms with Crippen molar-refractivity contribution in [1.29, 1.82) is 0 Å². The van der Waals surface area contributed by atoms with Crippen LogP contribution in [0.25, 0.3) is 11.3 Å². The van der Waals surface area contributed by atoms with E-state index in [1.807, 2.05) is 0 Å². The van der Waals surface area contributed by atoms with Crippen LogP contribution >= 0.6 is 0 Å². The van der Waals surface area contributed by atoms with Crippen molar-refractivity contribution in [2.45, 2.75) is 19.0 Å². The van der Waals surface area contributed by atoms with Gasteiger partial charge in [-0.15, -0.1) is 0 Å². The predicted octanol–water partition coefficient (Wildman–Crippen LogP) is 2.98. The number of hydrogen-bond acceptors (Lipinski definition) is 6. The molecule has 1 amide bonds. The number of carbonyl (C=O) groups excluding carboxylic acids is 2. The smallest absolute Gasteiger partial charge is 0.255 e. The van der Waals surface area contributed by atoms with E-state index in [9.17, 15) is 14.0 Å². The van der Waals surface area contributed by atoms with Gasteiger partial charge in [0.2, 0.25) is 0 Å². The largest absolute Gasteiger partial charge is 0.496 e. The zero-order valence-electron chi connectivity index (χ0n) is 17.5. The maximum Gasteiger partial charge on any atom is 0.255 e. The summed E-state index contributed by atoms with van der Waals surface area (Å²) in [5.41, 5.74) is 7.73. The number of aldehydes is 1. The number of hydrogen-bond donors (Lipinski definition) is 2. The molecule has 1 fully saturated rings. The van der Waals surface area contributed by atoms with Crippen LogP contribution in [0.1, 0.15) is 38.7 Å². The first-order valence-electron chi connectivity index (χ1n) is 10.1. The summed E-state index contributed by atoms with van der Waals surface area (Å²) >= 11 is 0. The van der Waals surface area contributed by atoms with Gasteiger partial charge in [-0.3, -0.25) is 9.59 Å². The van der Waals surface area contributed by atoms with Gasteiger partial charge in [-0.2, -0.15) is 5.10 Å². The Bertz CT molecular complexity index is 1150. The lowest BCUT2D eigenvalue weighted by atomic mass is 10.1. The maximum atomic E-state index is 14.8. The van der Waals surface area contributed by atoms with Gasteiger partial charge in [0.15, 0.2) is 6.29 Å². The number of ether oxygens (including phenoxy) is 2. The van der Waals surface area contributed by atoms with Crippen LogP contribution in [0, 0.1) is 5.82 Å². The Labute approximate surface area is 184 Å². The fraction of sp³-hybridized carbons (Fsp3) is 0.261. The van der Waals surface area contributed by atoms with E-state index in [0.29, 0.717) is 47.6 Å². The van der Waals surface area contributed by atoms with Gasteiger partial charge < -0.3 is 20.5 Å². The van der Waals surface area contributed by atoms with Gasteiger partial charge >= 0.3 is 0 Å². The highest BCUT2D eigenvalue weighted by molar-refractivity contribution is 5.97. The second kappa shape index (κ2) is 9.19. The summed E-state index contributed by atoms with van der Waals surface area (Å²) in [6, 6.07) is 11.2. The molecule has 32 heavy (non-hydrogen) atoms. The number of carbonyl (C=O) groups is 2. The molecule has 0 radical (unpaired) electrons. The van der Waals surface area contributed by atoms with Crippen molar-refractivity contribution in [2.75, 3.05) is 26.1 Å². The number of benzene rings is 2. The quantitative estimate of drug-likeness (QED) is 0.549. The zero-order chi connectivity index (χ0) is 22.7. The number of halogens is 1. The molecule has 3 aromatic rings. The van der Waals surface area contributed by atoms with Crippen molar-refractivity contribution >= 4 is 18.0 Å². The number of aromatic nitrogens is 2. The number of nitrogens with two attached hydrogens (primary N) is 1. The van der Waals surface area contributed by atoms with Gasteiger partial charge in [-0.05, 0) is 24.6 Å². The number of nitrogens with one attached hydrogen (secondary N) is 1. The number of nitrogen functional groups attached to an aromatic ring is 1. The molecule has 1 aromatic heterocycles. The predicted molar refractivity (Wildman–Crippen MR) is 116 cm³/mol. The highest BCUT2D eigenvalue weighted by Crippen LogP contribution is 2.31. The van der Waals surface area contributed by atoms with Crippen molar-refractivity contribution < 1.29 is 23.5 Å². The maximum absolute atomic E-state index is 14.8. The lowest BCUT2D eigenvalue weighted by molar-refractivity contribution is 0.0947. The average Bonchev–Trinajstić information content (AvgIpc) is 3.45. The second-order valence-electron chi connectivity index (χ2n) is 7.42. The fourth-order valence-electron chi connectivity index (χ4n) is 3.72. The van der Waals surface area contributed by atoms with E-state index in [4.69, 9.17) is 15.2 Å². The average molecular weight is 438 g/mol. The number of anilines is 1. The van der Waals surface area contributed by atoms with Crippen molar-refractivity contribution in [3.63, 3.8) is 0 Å². The Morgan fingerprint density at radius 2 is 2.19 bits per heavy atom. The van der Waals surface area contributed by atoms with Gasteiger partial charge in [0.05, 0.1) is 30.9 Å². The van der Waals surface area contributed by atoms with Crippen LogP contribution in [-0.2, 0) is 11.3 Å². The topological polar surface area (TPSA) is 108 Å². The molecule has 1 aliphatic rings. The Morgan fingerprint density at radius 3 is 2.88 bits per heavy atom. The molecule has 166 valence electrons. The molecule has 0 aliphatic carbocycles. The normalized spacial score (nSPS) is 15.5. The third kappa shape index (κ3) is 4.06. The molecule has 0 spiro atoms. The molecule has 3 N–H and O–H groups in total. The SMILES string of the molecule is COc1ccccc1C(=O)NCc1ccc(-c2nn(C3CCOC3)c(N)c2C=O)cc1F. The lowest BCUT2D eigenvalue weighted by Gasteiger charge is -2.10. The number of para-hydroxylation sites is 1. The monoisotopic (exact) mass is 438 g/mol. The van der Waals surface area contributed by atoms with Crippen LogP contribution in [0.4, 0.5) is 10.2 Å². The number of rotatable bonds is 7. The van der Waals surface area contributed by atoms with Crippen LogP contribution in [0.5, 0.6) is 5.75 Å². The summed E-state index contributed by atoms with van der Waals surface area (Å²) in [6.07, 6.45) is 1.37. The molecule has 8 nitrogen and oxygen atoms in total. The molecule has 9 heteroatoms. The highest BCUT2D eigenvalue weighted by atomic mass is 19.1. The molecule has 1 unspecified atom stereocenters. The van der Waals surface area contributed by atoms with E-state index in [1.165, 1.54) is 13.2 Å². The molecule has 1 atom stereocenters. The van der Waals surface area contributed by atoms with Crippen LogP contribution in [0.2, 0.25) is 0 Å². The summed E-state index contributed by atoms with van der Waals surface area (Å²) in [7, 11) is 1.48. The zero-order valence-corrected chi connectivity index (χ0v) is 17.5. The third-order valence-corrected chi connectivity index (χ3v) is 5.47. The van der Waals surface area contributed by atoms with E-state index in [-0.39, 0.29) is 29.9 Å². The molecule has 2 aromatic carbocycles. The highest BCUT2D eigenvalue weighted by Gasteiger charge is 2.25. The van der Waals surface area contributed by atoms with Crippen LogP contribution < -0.4 is 15.8 Å². The summed E-state index contributed by atoms with van der Waals surface area (Å²) in [5.74, 6) is -0.237. The van der Waals surface area contributed by atoms with Crippen molar-refractivity contribution in [2.24, 2.45) is 0 Å². The Morgan fingerprint density at radius 1 is 1.38 bits per heavy atom. The Balaban J connectivity index is 1.54. The van der Waals surface area contributed by atoms with Crippen molar-refractivity contribution in [1.82, 2.24) is 15.1 Å². The van der Waals surface area contributed by atoms with Gasteiger partial charge in [-0.1, -0.05) is 24.3 Å². The summed E-state index contributed by atoms with van der Waals surface area (Å²) in [5, 5.41) is 7.16. The minimum absolute atomic E-state index is 0.0144. The number of amides is 1. The molecule has 0 bridgehead atoms. The molecule has 4 rings (SSSR count). The van der Waals surface area contributed by atoms with E-state index in [0.717, 1.165) is 6.42 Å². The molecule has 2 heterocycles.